The highest BCUT2D eigenvalue weighted by Gasteiger charge is 2.65. The number of ether oxygens (including phenoxy) is 2. The van der Waals surface area contributed by atoms with Gasteiger partial charge in [-0.15, -0.1) is 26.3 Å². The highest BCUT2D eigenvalue weighted by molar-refractivity contribution is 9.10. The number of carbonyl (C=O) groups excluding carboxylic acids is 2. The van der Waals surface area contributed by atoms with E-state index in [1.165, 1.54) is 105 Å². The molecule has 0 unspecified atom stereocenters. The minimum atomic E-state index is -4.74. The predicted molar refractivity (Wildman–Crippen MR) is 442 cm³/mol. The van der Waals surface area contributed by atoms with Gasteiger partial charge in [0.05, 0.1) is 18.3 Å². The molecule has 45 heteroatoms. The van der Waals surface area contributed by atoms with Gasteiger partial charge in [-0.25, -0.2) is 5.06 Å². The number of fused-ring (bicyclic) bond motifs is 10. The summed E-state index contributed by atoms with van der Waals surface area (Å²) < 4.78 is 80.6. The van der Waals surface area contributed by atoms with Crippen LogP contribution < -0.4 is 9.47 Å². The lowest BCUT2D eigenvalue weighted by Crippen LogP contribution is -2.88. The van der Waals surface area contributed by atoms with E-state index in [1.54, 1.807) is 14.2 Å². The first kappa shape index (κ1) is 89.3. The lowest BCUT2D eigenvalue weighted by molar-refractivity contribution is -0.275. The molecule has 8 saturated carbocycles. The third-order valence-electron chi connectivity index (χ3n) is 27.3. The Labute approximate surface area is 648 Å². The van der Waals surface area contributed by atoms with Gasteiger partial charge in [0.25, 0.3) is 0 Å². The number of ketones is 1. The third kappa shape index (κ3) is 20.7. The smallest absolute Gasteiger partial charge is 0.406 e. The number of rotatable bonds is 19. The molecule has 2 aromatic carbocycles. The van der Waals surface area contributed by atoms with Gasteiger partial charge in [-0.3, -0.25) is 14.4 Å². The molecule has 8 aliphatic rings. The molecule has 498 valence electrons. The summed E-state index contributed by atoms with van der Waals surface area (Å²) in [5.74, 6) is 5.05. The molecule has 10 rings (SSSR count). The first-order valence-electron chi connectivity index (χ1n) is 36.8. The molecule has 0 aromatic heterocycles. The molecule has 8 nitrogen and oxygen atoms in total. The van der Waals surface area contributed by atoms with Crippen molar-refractivity contribution in [1.82, 2.24) is 5.06 Å². The molecule has 0 aliphatic heterocycles. The minimum absolute atomic E-state index is 0.0528. The van der Waals surface area contributed by atoms with Crippen LogP contribution in [0.15, 0.2) is 53.0 Å². The van der Waals surface area contributed by atoms with E-state index in [0.717, 1.165) is 76.0 Å². The molecule has 32 radical (unpaired) electrons. The van der Waals surface area contributed by atoms with Gasteiger partial charge in [0, 0.05) is 242 Å². The molecule has 8 fully saturated rings. The summed E-state index contributed by atoms with van der Waals surface area (Å²) in [7, 11) is 99.7. The Bertz CT molecular complexity index is 2980. The second-order valence-electron chi connectivity index (χ2n) is 33.6. The zero-order valence-corrected chi connectivity index (χ0v) is 63.1. The SMILES string of the molecule is CON(C)C(=O)[C@H]1CC[C@H]2[C@@H]3CC[C@H]4C[C@](C)(O)CC[C@]4(C)[C@H]3CC[C@]12C.C[C@@]1(O)CC[C@@]2(C)[C@@H](CC[C@@H]3[C@@H]2CC[C@]2(C)[C@@H](C(=O)c4ccc(OC(F)(F)F)cc4)CC[C@@H]32)C1.FC(F)(F)Oc1ccc(Br)cc1.[B]B([B])B(B([B])[B])B(B(B([B])[B])B([B])[B])B(B(B([B])[B])B([B])[B])B(B([B])[B])B([B])[B]. The van der Waals surface area contributed by atoms with Crippen LogP contribution in [-0.4, -0.2) is 278 Å². The van der Waals surface area contributed by atoms with Crippen LogP contribution in [0.3, 0.4) is 0 Å². The maximum absolute atomic E-state index is 13.5. The Kier molecular flexibility index (Phi) is 30.7. The van der Waals surface area contributed by atoms with Crippen LogP contribution in [-0.2, 0) is 9.63 Å². The van der Waals surface area contributed by atoms with Crippen LogP contribution in [0.1, 0.15) is 167 Å². The predicted octanol–water partition coefficient (Wildman–Crippen LogP) is 3.52. The summed E-state index contributed by atoms with van der Waals surface area (Å²) in [6, 6.07) is 10.9. The van der Waals surface area contributed by atoms with Gasteiger partial charge in [-0.05, 0) is 247 Å². The number of hydrogen-bond donors (Lipinski definition) is 2. The van der Waals surface area contributed by atoms with Crippen molar-refractivity contribution in [3.63, 3.8) is 0 Å². The van der Waals surface area contributed by atoms with E-state index in [0.29, 0.717) is 51.0 Å². The topological polar surface area (TPSA) is 106 Å². The minimum Gasteiger partial charge on any atom is -0.406 e. The number of halogens is 7. The molecule has 16 atom stereocenters. The zero-order chi connectivity index (χ0) is 77.4. The quantitative estimate of drug-likeness (QED) is 0.0962. The van der Waals surface area contributed by atoms with E-state index in [2.05, 4.69) is 53.1 Å². The summed E-state index contributed by atoms with van der Waals surface area (Å²) >= 11 is 3.09. The van der Waals surface area contributed by atoms with E-state index in [9.17, 15) is 46.1 Å². The highest BCUT2D eigenvalue weighted by atomic mass is 79.9. The van der Waals surface area contributed by atoms with E-state index in [1.807, 2.05) is 13.8 Å². The summed E-state index contributed by atoms with van der Waals surface area (Å²) in [6.07, 6.45) is -3.46. The van der Waals surface area contributed by atoms with Crippen LogP contribution in [0.5, 0.6) is 11.5 Å². The van der Waals surface area contributed by atoms with Crippen LogP contribution in [0.2, 0.25) is 0 Å². The maximum Gasteiger partial charge on any atom is 0.573 e. The molecule has 0 heterocycles. The molecule has 103 heavy (non-hydrogen) atoms. The van der Waals surface area contributed by atoms with E-state index >= 15 is 0 Å². The van der Waals surface area contributed by atoms with Crippen molar-refractivity contribution < 1.29 is 60.5 Å². The molecule has 1 amide bonds. The van der Waals surface area contributed by atoms with Crippen molar-refractivity contribution in [2.45, 2.75) is 181 Å². The number of hydroxylamine groups is 2. The van der Waals surface area contributed by atoms with Crippen LogP contribution in [0.4, 0.5) is 26.3 Å². The van der Waals surface area contributed by atoms with Gasteiger partial charge < -0.3 is 19.7 Å². The van der Waals surface area contributed by atoms with Gasteiger partial charge in [-0.1, -0.05) is 43.6 Å². The number of nitrogens with zero attached hydrogens (tertiary/aromatic N) is 1. The van der Waals surface area contributed by atoms with Crippen LogP contribution in [0, 0.1) is 80.8 Å². The lowest BCUT2D eigenvalue weighted by Gasteiger charge is -2.61. The molecule has 2 N–H and O–H groups in total. The standard InChI is InChI=1S/C28H37F3O3.C23H39NO3.C7H4BrF3O.B30/c1-25(33)14-15-26(2)18(16-25)6-9-20-21-10-11-23(27(21,3)13-12-22(20)26)24(32)17-4-7-19(8-5-17)34-28(29,30)31;1-21(26)12-13-22(2)15(14-21)6-7-16-17-8-9-19(20(25)24(4)27-5)23(17,3)11-10-18(16)22;8-5-1-3-6(4-2-5)12-7(9,10)11;1-17(2)25(18(3)4)29(26(19(5)6)20(7)8)30(27(21(9)10)22(11)12)28(23(13)14)24(15)16/h4-5,7-8,18,20-23,33H,6,9-16H2,1-3H3;15-19,26H,6-14H2,1-5H3;1-4H;/t18-,20-,21-,22-,23+,25+,26-,27-;15-,16-,17-,18-,19+,21+,22-,23-;;/m00../s1. The second-order valence-corrected chi connectivity index (χ2v) is 34.5. The first-order chi connectivity index (χ1) is 47.5. The Hall–Kier alpha value is -0.932. The van der Waals surface area contributed by atoms with Gasteiger partial charge >= 0.3 is 12.7 Å². The normalized spacial score (nSPS) is 32.2. The summed E-state index contributed by atoms with van der Waals surface area (Å²) in [4.78, 5) is 31.7. The highest BCUT2D eigenvalue weighted by Crippen LogP contribution is 2.70. The molecule has 0 spiro atoms. The number of benzene rings is 2. The lowest BCUT2D eigenvalue weighted by atomic mass is 8.31. The average molecular weight is 1420 g/mol. The average Bonchev–Trinajstić information content (AvgIpc) is 1.70. The number of carbonyl (C=O) groups is 2. The van der Waals surface area contributed by atoms with Crippen molar-refractivity contribution in [3.8, 4) is 11.5 Å². The Morgan fingerprint density at radius 2 is 0.748 bits per heavy atom. The second kappa shape index (κ2) is 35.4. The van der Waals surface area contributed by atoms with Gasteiger partial charge in [0.1, 0.15) is 11.5 Å². The van der Waals surface area contributed by atoms with Crippen LogP contribution in [0.25, 0.3) is 0 Å². The van der Waals surface area contributed by atoms with E-state index in [4.69, 9.17) is 129 Å². The van der Waals surface area contributed by atoms with Crippen molar-refractivity contribution in [1.29, 1.82) is 0 Å². The zero-order valence-electron chi connectivity index (χ0n) is 61.5. The molecule has 2 aromatic rings. The van der Waals surface area contributed by atoms with Gasteiger partial charge in [0.2, 0.25) is 5.91 Å². The fraction of sp³-hybridized carbons (Fsp3) is 0.759. The monoisotopic (exact) mass is 1430 g/mol. The first-order valence-corrected chi connectivity index (χ1v) is 37.6. The number of aliphatic hydroxyl groups is 2. The fourth-order valence-corrected chi connectivity index (χ4v) is 22.5. The Morgan fingerprint density at radius 1 is 0.437 bits per heavy atom. The number of amides is 1. The summed E-state index contributed by atoms with van der Waals surface area (Å²) in [6.45, 7) is 13.7. The van der Waals surface area contributed by atoms with Crippen molar-refractivity contribution in [2.75, 3.05) is 14.2 Å². The molecule has 8 aliphatic carbocycles. The maximum atomic E-state index is 13.5. The van der Waals surface area contributed by atoms with E-state index in [-0.39, 0.29) is 51.3 Å². The third-order valence-corrected chi connectivity index (χ3v) is 27.8. The summed E-state index contributed by atoms with van der Waals surface area (Å²) in [5, 5.41) is 22.8. The van der Waals surface area contributed by atoms with E-state index < -0.39 is 113 Å². The number of Topliss-reactive ketones (excluding diaryl/α,β-unsaturated/α-hetero) is 1. The number of alkyl halides is 6. The van der Waals surface area contributed by atoms with Gasteiger partial charge in [0.15, 0.2) is 5.78 Å². The van der Waals surface area contributed by atoms with Crippen LogP contribution >= 0.6 is 15.9 Å². The van der Waals surface area contributed by atoms with Crippen molar-refractivity contribution in [3.05, 3.63) is 58.6 Å². The van der Waals surface area contributed by atoms with Crippen molar-refractivity contribution in [2.24, 2.45) is 80.8 Å². The molecular weight excluding hydrogens is 1340 g/mol. The fourth-order valence-electron chi connectivity index (χ4n) is 22.3. The Balaban J connectivity index is 0.000000201. The molecule has 0 bridgehead atoms. The van der Waals surface area contributed by atoms with Crippen molar-refractivity contribution >= 4 is 241 Å². The van der Waals surface area contributed by atoms with Gasteiger partial charge in [-0.2, -0.15) is 0 Å². The Morgan fingerprint density at radius 3 is 1.07 bits per heavy atom. The molecule has 0 saturated heterocycles. The molecular formula is C58H80B30BrF6NO7. The summed E-state index contributed by atoms with van der Waals surface area (Å²) in [5.41, 5.74) is 0.230. The number of hydrogen-bond acceptors (Lipinski definition) is 7. The largest absolute Gasteiger partial charge is 0.573 e.